The van der Waals surface area contributed by atoms with Gasteiger partial charge in [0.1, 0.15) is 0 Å². The van der Waals surface area contributed by atoms with Crippen LogP contribution in [0.3, 0.4) is 0 Å². The van der Waals surface area contributed by atoms with Gasteiger partial charge in [0.15, 0.2) is 5.82 Å². The molecule has 2 aromatic rings. The molecular weight excluding hydrogens is 393 g/mol. The summed E-state index contributed by atoms with van der Waals surface area (Å²) in [6.07, 6.45) is 8.72. The molecule has 1 aliphatic carbocycles. The summed E-state index contributed by atoms with van der Waals surface area (Å²) in [6, 6.07) is 5.53. The van der Waals surface area contributed by atoms with Gasteiger partial charge in [-0.3, -0.25) is 4.90 Å². The number of aromatic nitrogens is 4. The molecule has 28 heavy (non-hydrogen) atoms. The Balaban J connectivity index is 2.03. The van der Waals surface area contributed by atoms with Gasteiger partial charge in [-0.1, -0.05) is 75.0 Å². The maximum atomic E-state index is 6.36. The van der Waals surface area contributed by atoms with Gasteiger partial charge in [-0.2, -0.15) is 0 Å². The van der Waals surface area contributed by atoms with Crippen LogP contribution >= 0.6 is 23.2 Å². The summed E-state index contributed by atoms with van der Waals surface area (Å²) in [5.74, 6) is 0.946. The van der Waals surface area contributed by atoms with Gasteiger partial charge in [0.2, 0.25) is 0 Å². The lowest BCUT2D eigenvalue weighted by molar-refractivity contribution is 0.130. The van der Waals surface area contributed by atoms with Gasteiger partial charge in [-0.25, -0.2) is 4.68 Å². The fraction of sp³-hybridized carbons (Fsp3) is 0.571. The lowest BCUT2D eigenvalue weighted by Crippen LogP contribution is -2.42. The molecule has 0 saturated heterocycles. The van der Waals surface area contributed by atoms with E-state index < -0.39 is 0 Å². The van der Waals surface area contributed by atoms with Crippen molar-refractivity contribution in [1.29, 1.82) is 0 Å². The summed E-state index contributed by atoms with van der Waals surface area (Å²) >= 11 is 12.4. The number of allylic oxidation sites excluding steroid dienone is 1. The molecule has 0 N–H and O–H groups in total. The summed E-state index contributed by atoms with van der Waals surface area (Å²) in [5.41, 5.74) is 0.739. The number of halogens is 2. The van der Waals surface area contributed by atoms with E-state index in [9.17, 15) is 0 Å². The van der Waals surface area contributed by atoms with Crippen LogP contribution in [0.4, 0.5) is 0 Å². The zero-order chi connectivity index (χ0) is 20.5. The Bertz CT molecular complexity index is 845. The molecule has 1 unspecified atom stereocenters. The predicted octanol–water partition coefficient (Wildman–Crippen LogP) is 5.61. The first-order valence-corrected chi connectivity index (χ1v) is 10.5. The van der Waals surface area contributed by atoms with Crippen LogP contribution in [0.5, 0.6) is 0 Å². The van der Waals surface area contributed by atoms with Gasteiger partial charge < -0.3 is 0 Å². The van der Waals surface area contributed by atoms with Crippen molar-refractivity contribution in [2.75, 3.05) is 14.1 Å². The quantitative estimate of drug-likeness (QED) is 0.628. The summed E-state index contributed by atoms with van der Waals surface area (Å²) in [6.45, 7) is 6.61. The average Bonchev–Trinajstić information content (AvgIpc) is 3.25. The Hall–Kier alpha value is -1.43. The van der Waals surface area contributed by atoms with Crippen molar-refractivity contribution < 1.29 is 0 Å². The van der Waals surface area contributed by atoms with Gasteiger partial charge in [0.25, 0.3) is 0 Å². The fourth-order valence-corrected chi connectivity index (χ4v) is 4.56. The van der Waals surface area contributed by atoms with Crippen LogP contribution in [0, 0.1) is 5.41 Å². The van der Waals surface area contributed by atoms with Crippen LogP contribution in [0.2, 0.25) is 10.0 Å². The minimum atomic E-state index is -0.112. The van der Waals surface area contributed by atoms with E-state index in [0.29, 0.717) is 10.0 Å². The highest BCUT2D eigenvalue weighted by atomic mass is 35.5. The van der Waals surface area contributed by atoms with Crippen molar-refractivity contribution in [2.24, 2.45) is 5.41 Å². The van der Waals surface area contributed by atoms with E-state index in [1.54, 1.807) is 6.07 Å². The van der Waals surface area contributed by atoms with E-state index >= 15 is 0 Å². The largest absolute Gasteiger partial charge is 0.297 e. The van der Waals surface area contributed by atoms with Crippen molar-refractivity contribution >= 4 is 29.3 Å². The first kappa shape index (κ1) is 21.3. The Kier molecular flexibility index (Phi) is 6.18. The molecule has 1 aliphatic rings. The first-order valence-electron chi connectivity index (χ1n) is 9.74. The van der Waals surface area contributed by atoms with E-state index in [1.165, 1.54) is 12.8 Å². The molecule has 0 bridgehead atoms. The normalized spacial score (nSPS) is 18.3. The molecule has 0 radical (unpaired) electrons. The van der Waals surface area contributed by atoms with Crippen molar-refractivity contribution in [2.45, 2.75) is 58.0 Å². The third kappa shape index (κ3) is 4.12. The van der Waals surface area contributed by atoms with Crippen LogP contribution < -0.4 is 0 Å². The molecule has 1 aromatic carbocycles. The third-order valence-electron chi connectivity index (χ3n) is 5.77. The van der Waals surface area contributed by atoms with E-state index in [-0.39, 0.29) is 17.0 Å². The number of tetrazole rings is 1. The lowest BCUT2D eigenvalue weighted by atomic mass is 9.85. The zero-order valence-electron chi connectivity index (χ0n) is 17.3. The van der Waals surface area contributed by atoms with E-state index in [0.717, 1.165) is 24.2 Å². The second-order valence-electron chi connectivity index (χ2n) is 8.92. The predicted molar refractivity (Wildman–Crippen MR) is 116 cm³/mol. The molecule has 1 aromatic heterocycles. The molecule has 0 spiro atoms. The molecular formula is C21H29Cl2N5. The minimum absolute atomic E-state index is 0.0123. The van der Waals surface area contributed by atoms with Crippen LogP contribution in [0.1, 0.15) is 63.9 Å². The van der Waals surface area contributed by atoms with Crippen molar-refractivity contribution in [3.63, 3.8) is 0 Å². The van der Waals surface area contributed by atoms with Gasteiger partial charge >= 0.3 is 0 Å². The molecule has 1 atom stereocenters. The van der Waals surface area contributed by atoms with Crippen LogP contribution in [-0.2, 0) is 5.54 Å². The Morgan fingerprint density at radius 2 is 1.86 bits per heavy atom. The van der Waals surface area contributed by atoms with Gasteiger partial charge in [-0.05, 0) is 60.5 Å². The van der Waals surface area contributed by atoms with Crippen molar-refractivity contribution in [3.05, 3.63) is 45.7 Å². The van der Waals surface area contributed by atoms with E-state index in [2.05, 4.69) is 61.4 Å². The lowest BCUT2D eigenvalue weighted by Gasteiger charge is -2.37. The minimum Gasteiger partial charge on any atom is -0.297 e. The molecule has 3 rings (SSSR count). The molecule has 0 aliphatic heterocycles. The zero-order valence-corrected chi connectivity index (χ0v) is 18.8. The third-order valence-corrected chi connectivity index (χ3v) is 6.33. The average molecular weight is 422 g/mol. The maximum absolute atomic E-state index is 6.36. The summed E-state index contributed by atoms with van der Waals surface area (Å²) < 4.78 is 2.01. The summed E-state index contributed by atoms with van der Waals surface area (Å²) in [4.78, 5) is 2.28. The van der Waals surface area contributed by atoms with Crippen LogP contribution in [-0.4, -0.2) is 39.2 Å². The second-order valence-corrected chi connectivity index (χ2v) is 9.76. The van der Waals surface area contributed by atoms with Crippen LogP contribution in [0.25, 0.3) is 6.08 Å². The van der Waals surface area contributed by atoms with Gasteiger partial charge in [-0.15, -0.1) is 5.10 Å². The Labute approximate surface area is 177 Å². The Morgan fingerprint density at radius 1 is 1.18 bits per heavy atom. The molecule has 1 saturated carbocycles. The molecule has 1 fully saturated rings. The molecule has 5 nitrogen and oxygen atoms in total. The number of nitrogens with zero attached hydrogens (tertiary/aromatic N) is 5. The summed E-state index contributed by atoms with van der Waals surface area (Å²) in [7, 11) is 4.25. The highest BCUT2D eigenvalue weighted by Crippen LogP contribution is 2.43. The van der Waals surface area contributed by atoms with Gasteiger partial charge in [0, 0.05) is 10.0 Å². The molecule has 0 amide bonds. The maximum Gasteiger partial charge on any atom is 0.172 e. The van der Waals surface area contributed by atoms with Crippen LogP contribution in [0.15, 0.2) is 24.3 Å². The molecule has 7 heteroatoms. The van der Waals surface area contributed by atoms with E-state index in [4.69, 9.17) is 23.2 Å². The second kappa shape index (κ2) is 8.13. The Morgan fingerprint density at radius 3 is 2.43 bits per heavy atom. The number of rotatable bonds is 5. The van der Waals surface area contributed by atoms with Crippen molar-refractivity contribution in [3.8, 4) is 0 Å². The molecule has 152 valence electrons. The monoisotopic (exact) mass is 421 g/mol. The SMILES string of the molecule is CN(C)C1(c2nnnn2C(C=Cc2ccc(Cl)cc2Cl)C(C)(C)C)CCCC1. The molecule has 1 heterocycles. The number of benzene rings is 1. The smallest absolute Gasteiger partial charge is 0.172 e. The summed E-state index contributed by atoms with van der Waals surface area (Å²) in [5, 5.41) is 14.3. The number of hydrogen-bond acceptors (Lipinski definition) is 4. The van der Waals surface area contributed by atoms with Gasteiger partial charge in [0.05, 0.1) is 11.6 Å². The number of hydrogen-bond donors (Lipinski definition) is 0. The van der Waals surface area contributed by atoms with E-state index in [1.807, 2.05) is 22.9 Å². The first-order chi connectivity index (χ1) is 13.1. The van der Waals surface area contributed by atoms with Crippen molar-refractivity contribution in [1.82, 2.24) is 25.1 Å². The highest BCUT2D eigenvalue weighted by Gasteiger charge is 2.44. The fourth-order valence-electron chi connectivity index (χ4n) is 4.09. The topological polar surface area (TPSA) is 46.8 Å². The highest BCUT2D eigenvalue weighted by molar-refractivity contribution is 6.35. The standard InChI is InChI=1S/C21H29Cl2N5/c1-20(2,3)18(11-9-15-8-10-16(22)14-17(15)23)28-19(24-25-26-28)21(27(4)5)12-6-7-13-21/h8-11,14,18H,6-7,12-13H2,1-5H3.